The Morgan fingerprint density at radius 1 is 1.22 bits per heavy atom. The van der Waals surface area contributed by atoms with Crippen molar-refractivity contribution >= 4 is 5.82 Å². The van der Waals surface area contributed by atoms with E-state index >= 15 is 0 Å². The maximum atomic E-state index is 5.91. The molecular weight excluding hydrogens is 284 g/mol. The van der Waals surface area contributed by atoms with Gasteiger partial charge in [0, 0.05) is 24.8 Å². The number of nitrogen functional groups attached to an aromatic ring is 1. The highest BCUT2D eigenvalue weighted by Gasteiger charge is 2.21. The zero-order valence-corrected chi connectivity index (χ0v) is 13.2. The molecule has 0 fully saturated rings. The summed E-state index contributed by atoms with van der Waals surface area (Å²) in [7, 11) is 0. The molecule has 4 heteroatoms. The Bertz CT molecular complexity index is 735. The van der Waals surface area contributed by atoms with E-state index in [0.29, 0.717) is 11.6 Å². The number of aryl methyl sites for hydroxylation is 1. The average molecular weight is 304 g/mol. The first-order valence-corrected chi connectivity index (χ1v) is 7.73. The lowest BCUT2D eigenvalue weighted by molar-refractivity contribution is 0.260. The van der Waals surface area contributed by atoms with E-state index in [9.17, 15) is 0 Å². The summed E-state index contributed by atoms with van der Waals surface area (Å²) in [6, 6.07) is 8.34. The van der Waals surface area contributed by atoms with Gasteiger partial charge < -0.3 is 5.73 Å². The summed E-state index contributed by atoms with van der Waals surface area (Å²) in [6.45, 7) is 3.61. The number of hydrogen-bond acceptors (Lipinski definition) is 4. The molecule has 0 radical (unpaired) electrons. The topological polar surface area (TPSA) is 55.0 Å². The monoisotopic (exact) mass is 304 g/mol. The molecule has 1 atom stereocenters. The minimum absolute atomic E-state index is 0.138. The number of nitrogens with two attached hydrogens (primary N) is 1. The zero-order valence-electron chi connectivity index (χ0n) is 13.2. The number of fused-ring (bicyclic) bond motifs is 1. The van der Waals surface area contributed by atoms with Gasteiger partial charge in [0.05, 0.1) is 0 Å². The van der Waals surface area contributed by atoms with E-state index in [0.717, 1.165) is 25.1 Å². The molecule has 0 aromatic carbocycles. The molecule has 116 valence electrons. The van der Waals surface area contributed by atoms with Crippen molar-refractivity contribution in [2.45, 2.75) is 19.4 Å². The Morgan fingerprint density at radius 3 is 2.35 bits per heavy atom. The first-order valence-electron chi connectivity index (χ1n) is 7.73. The molecule has 2 aliphatic carbocycles. The van der Waals surface area contributed by atoms with Crippen LogP contribution in [-0.4, -0.2) is 28.0 Å². The lowest BCUT2D eigenvalue weighted by Crippen LogP contribution is -2.31. The van der Waals surface area contributed by atoms with Crippen molar-refractivity contribution in [2.75, 3.05) is 18.8 Å². The number of aromatic nitrogens is 2. The van der Waals surface area contributed by atoms with Crippen molar-refractivity contribution in [3.63, 3.8) is 0 Å². The molecule has 0 saturated heterocycles. The summed E-state index contributed by atoms with van der Waals surface area (Å²) in [4.78, 5) is 10.5. The molecule has 4 nitrogen and oxygen atoms in total. The van der Waals surface area contributed by atoms with Crippen LogP contribution in [0.25, 0.3) is 11.1 Å². The standard InChI is InChI=1S/C13H16N4.C6H4/c1-3-12(17-7-5-4-6-8-17)11-9-15-10(2)16-13(11)14;1-2-6-4-3-5(1)6/h1,4-5,9,12H,6-8H2,2H3,(H2,14,15,16);1-4H. The molecule has 4 rings (SSSR count). The quantitative estimate of drug-likeness (QED) is 0.584. The lowest BCUT2D eigenvalue weighted by Gasteiger charge is -2.29. The molecule has 1 unspecified atom stereocenters. The van der Waals surface area contributed by atoms with Gasteiger partial charge in [0.2, 0.25) is 0 Å². The Labute approximate surface area is 137 Å². The molecule has 2 N–H and O–H groups in total. The Morgan fingerprint density at radius 2 is 1.91 bits per heavy atom. The predicted molar refractivity (Wildman–Crippen MR) is 93.5 cm³/mol. The van der Waals surface area contributed by atoms with Crippen LogP contribution >= 0.6 is 0 Å². The smallest absolute Gasteiger partial charge is 0.132 e. The van der Waals surface area contributed by atoms with Crippen molar-refractivity contribution in [2.24, 2.45) is 0 Å². The summed E-state index contributed by atoms with van der Waals surface area (Å²) in [5.74, 6) is 3.93. The summed E-state index contributed by atoms with van der Waals surface area (Å²) in [6.07, 6.45) is 12.7. The van der Waals surface area contributed by atoms with E-state index in [4.69, 9.17) is 12.2 Å². The Balaban J connectivity index is 0.000000213. The van der Waals surface area contributed by atoms with Crippen LogP contribution in [-0.2, 0) is 0 Å². The summed E-state index contributed by atoms with van der Waals surface area (Å²) in [5, 5.41) is 0. The molecule has 1 aliphatic heterocycles. The van der Waals surface area contributed by atoms with Crippen LogP contribution in [0.15, 0.2) is 42.6 Å². The van der Waals surface area contributed by atoms with E-state index < -0.39 is 0 Å². The van der Waals surface area contributed by atoms with Crippen LogP contribution in [0.5, 0.6) is 0 Å². The van der Waals surface area contributed by atoms with Crippen molar-refractivity contribution in [3.05, 3.63) is 54.0 Å². The minimum atomic E-state index is -0.138. The highest BCUT2D eigenvalue weighted by molar-refractivity contribution is 5.75. The fourth-order valence-corrected chi connectivity index (χ4v) is 2.66. The Hall–Kier alpha value is -2.64. The van der Waals surface area contributed by atoms with Crippen molar-refractivity contribution in [1.29, 1.82) is 0 Å². The molecule has 1 aromatic heterocycles. The van der Waals surface area contributed by atoms with Gasteiger partial charge in [-0.05, 0) is 24.5 Å². The van der Waals surface area contributed by atoms with Gasteiger partial charge in [-0.15, -0.1) is 6.42 Å². The molecule has 1 aromatic rings. The van der Waals surface area contributed by atoms with Crippen LogP contribution in [0.3, 0.4) is 0 Å². The van der Waals surface area contributed by atoms with Crippen LogP contribution < -0.4 is 5.73 Å². The lowest BCUT2D eigenvalue weighted by atomic mass is 9.95. The fraction of sp³-hybridized carbons (Fsp3) is 0.263. The predicted octanol–water partition coefficient (Wildman–Crippen LogP) is 2.97. The zero-order chi connectivity index (χ0) is 16.2. The van der Waals surface area contributed by atoms with Crippen LogP contribution in [0.2, 0.25) is 0 Å². The SMILES string of the molecule is C#CC(c1cnc(C)nc1N)N1CC=CCC1.c1cc2ccc1-2. The van der Waals surface area contributed by atoms with Gasteiger partial charge in [-0.25, -0.2) is 9.97 Å². The van der Waals surface area contributed by atoms with E-state index in [-0.39, 0.29) is 6.04 Å². The molecule has 23 heavy (non-hydrogen) atoms. The number of benzene rings is 1. The van der Waals surface area contributed by atoms with Gasteiger partial charge >= 0.3 is 0 Å². The number of rotatable bonds is 2. The minimum Gasteiger partial charge on any atom is -0.383 e. The fourth-order valence-electron chi connectivity index (χ4n) is 2.66. The van der Waals surface area contributed by atoms with Gasteiger partial charge in [-0.1, -0.05) is 42.3 Å². The number of nitrogens with zero attached hydrogens (tertiary/aromatic N) is 3. The van der Waals surface area contributed by atoms with Gasteiger partial charge in [-0.3, -0.25) is 4.90 Å². The second-order valence-electron chi connectivity index (χ2n) is 5.66. The Kier molecular flexibility index (Phi) is 4.40. The second-order valence-corrected chi connectivity index (χ2v) is 5.66. The molecular formula is C19H20N4. The van der Waals surface area contributed by atoms with Crippen LogP contribution in [0.1, 0.15) is 23.9 Å². The summed E-state index contributed by atoms with van der Waals surface area (Å²) < 4.78 is 0. The molecule has 0 amide bonds. The van der Waals surface area contributed by atoms with Crippen LogP contribution in [0.4, 0.5) is 5.82 Å². The van der Waals surface area contributed by atoms with Gasteiger partial charge in [0.1, 0.15) is 17.7 Å². The van der Waals surface area contributed by atoms with E-state index in [1.807, 2.05) is 6.92 Å². The first-order chi connectivity index (χ1) is 11.2. The number of terminal acetylenes is 1. The van der Waals surface area contributed by atoms with Crippen molar-refractivity contribution in [3.8, 4) is 23.5 Å². The third-order valence-electron chi connectivity index (χ3n) is 4.09. The number of anilines is 1. The summed E-state index contributed by atoms with van der Waals surface area (Å²) >= 11 is 0. The normalized spacial score (nSPS) is 16.0. The number of hydrogen-bond donors (Lipinski definition) is 1. The highest BCUT2D eigenvalue weighted by atomic mass is 15.2. The second kappa shape index (κ2) is 6.64. The third-order valence-corrected chi connectivity index (χ3v) is 4.09. The maximum Gasteiger partial charge on any atom is 0.132 e. The van der Waals surface area contributed by atoms with Crippen molar-refractivity contribution in [1.82, 2.24) is 14.9 Å². The maximum absolute atomic E-state index is 5.91. The van der Waals surface area contributed by atoms with Crippen molar-refractivity contribution < 1.29 is 0 Å². The van der Waals surface area contributed by atoms with E-state index in [1.165, 1.54) is 11.1 Å². The average Bonchev–Trinajstić information content (AvgIpc) is 2.55. The molecule has 0 bridgehead atoms. The molecule has 3 aliphatic rings. The molecule has 0 spiro atoms. The van der Waals surface area contributed by atoms with E-state index in [2.05, 4.69) is 57.2 Å². The van der Waals surface area contributed by atoms with Crippen LogP contribution in [0, 0.1) is 19.3 Å². The largest absolute Gasteiger partial charge is 0.383 e. The van der Waals surface area contributed by atoms with Gasteiger partial charge in [0.25, 0.3) is 0 Å². The van der Waals surface area contributed by atoms with Gasteiger partial charge in [-0.2, -0.15) is 0 Å². The summed E-state index contributed by atoms with van der Waals surface area (Å²) in [5.41, 5.74) is 9.59. The highest BCUT2D eigenvalue weighted by Crippen LogP contribution is 2.29. The van der Waals surface area contributed by atoms with E-state index in [1.54, 1.807) is 6.20 Å². The molecule has 0 saturated carbocycles. The molecule has 2 heterocycles. The van der Waals surface area contributed by atoms with Gasteiger partial charge in [0.15, 0.2) is 0 Å². The first kappa shape index (κ1) is 15.3. The third kappa shape index (κ3) is 3.25.